The molecule has 0 aliphatic carbocycles. The Hall–Kier alpha value is -2.90. The number of para-hydroxylation sites is 1. The van der Waals surface area contributed by atoms with Crippen molar-refractivity contribution in [1.82, 2.24) is 0 Å². The maximum atomic E-state index is 13.8. The summed E-state index contributed by atoms with van der Waals surface area (Å²) in [6.45, 7) is 0.231. The van der Waals surface area contributed by atoms with E-state index < -0.39 is 7.14 Å². The Balaban J connectivity index is 1.84. The molecule has 3 nitrogen and oxygen atoms in total. The summed E-state index contributed by atoms with van der Waals surface area (Å²) in [5, 5.41) is 1.55. The lowest BCUT2D eigenvalue weighted by Gasteiger charge is -2.15. The summed E-state index contributed by atoms with van der Waals surface area (Å²) in [6.07, 6.45) is 2.51. The van der Waals surface area contributed by atoms with E-state index in [1.54, 1.807) is 30.1 Å². The van der Waals surface area contributed by atoms with E-state index >= 15 is 0 Å². The fourth-order valence-corrected chi connectivity index (χ4v) is 4.91. The van der Waals surface area contributed by atoms with Gasteiger partial charge in [0.25, 0.3) is 0 Å². The third-order valence-corrected chi connectivity index (χ3v) is 6.74. The number of ether oxygens (including phenoxy) is 1. The molecule has 3 rings (SSSR count). The SMILES string of the molecule is O=Cc1ccccc1OC/C=C/P(=O)(c1ccccc1)c1ccccc1. The number of rotatable bonds is 7. The van der Waals surface area contributed by atoms with Crippen LogP contribution >= 0.6 is 7.14 Å². The Kier molecular flexibility index (Phi) is 5.83. The molecule has 3 aromatic rings. The van der Waals surface area contributed by atoms with Crippen molar-refractivity contribution in [3.63, 3.8) is 0 Å². The highest BCUT2D eigenvalue weighted by Gasteiger charge is 2.23. The molecule has 0 atom stereocenters. The fourth-order valence-electron chi connectivity index (χ4n) is 2.66. The molecular weight excluding hydrogens is 343 g/mol. The highest BCUT2D eigenvalue weighted by molar-refractivity contribution is 7.81. The number of hydrogen-bond acceptors (Lipinski definition) is 3. The molecular formula is C22H19O3P. The quantitative estimate of drug-likeness (QED) is 0.462. The van der Waals surface area contributed by atoms with E-state index in [4.69, 9.17) is 4.74 Å². The van der Waals surface area contributed by atoms with Crippen molar-refractivity contribution in [2.24, 2.45) is 0 Å². The number of aldehydes is 1. The molecule has 0 bridgehead atoms. The maximum absolute atomic E-state index is 13.8. The molecule has 3 aromatic carbocycles. The first-order valence-corrected chi connectivity index (χ1v) is 10.1. The van der Waals surface area contributed by atoms with Gasteiger partial charge in [0.05, 0.1) is 5.56 Å². The third kappa shape index (κ3) is 4.01. The van der Waals surface area contributed by atoms with Crippen LogP contribution in [0.2, 0.25) is 0 Å². The minimum absolute atomic E-state index is 0.231. The summed E-state index contributed by atoms with van der Waals surface area (Å²) in [4.78, 5) is 11.0. The predicted molar refractivity (Wildman–Crippen MR) is 106 cm³/mol. The van der Waals surface area contributed by atoms with Crippen molar-refractivity contribution >= 4 is 24.0 Å². The minimum Gasteiger partial charge on any atom is -0.489 e. The van der Waals surface area contributed by atoms with E-state index in [9.17, 15) is 9.36 Å². The molecule has 0 saturated heterocycles. The molecule has 0 saturated carbocycles. The van der Waals surface area contributed by atoms with Crippen molar-refractivity contribution in [2.45, 2.75) is 0 Å². The molecule has 0 N–H and O–H groups in total. The number of carbonyl (C=O) groups is 1. The second-order valence-electron chi connectivity index (χ2n) is 5.68. The van der Waals surface area contributed by atoms with Crippen LogP contribution in [0, 0.1) is 0 Å². The zero-order chi connectivity index (χ0) is 18.2. The van der Waals surface area contributed by atoms with Crippen LogP contribution in [0.1, 0.15) is 10.4 Å². The first kappa shape index (κ1) is 17.9. The second kappa shape index (κ2) is 8.46. The van der Waals surface area contributed by atoms with E-state index in [0.29, 0.717) is 11.3 Å². The topological polar surface area (TPSA) is 43.4 Å². The Labute approximate surface area is 153 Å². The van der Waals surface area contributed by atoms with Gasteiger partial charge in [0.15, 0.2) is 13.4 Å². The van der Waals surface area contributed by atoms with E-state index in [1.165, 1.54) is 0 Å². The zero-order valence-corrected chi connectivity index (χ0v) is 15.1. The highest BCUT2D eigenvalue weighted by atomic mass is 31.2. The van der Waals surface area contributed by atoms with Crippen LogP contribution in [-0.2, 0) is 4.57 Å². The minimum atomic E-state index is -2.89. The summed E-state index contributed by atoms with van der Waals surface area (Å²) in [5.41, 5.74) is 0.496. The first-order chi connectivity index (χ1) is 12.7. The van der Waals surface area contributed by atoms with Gasteiger partial charge < -0.3 is 9.30 Å². The molecule has 26 heavy (non-hydrogen) atoms. The summed E-state index contributed by atoms with van der Waals surface area (Å²) < 4.78 is 19.4. The van der Waals surface area contributed by atoms with Crippen molar-refractivity contribution in [1.29, 1.82) is 0 Å². The number of hydrogen-bond donors (Lipinski definition) is 0. The molecule has 0 fully saturated rings. The van der Waals surface area contributed by atoms with Gasteiger partial charge in [-0.1, -0.05) is 72.8 Å². The average Bonchev–Trinajstić information content (AvgIpc) is 2.72. The van der Waals surface area contributed by atoms with Crippen molar-refractivity contribution in [3.05, 3.63) is 102 Å². The summed E-state index contributed by atoms with van der Waals surface area (Å²) in [6, 6.07) is 25.9. The molecule has 0 unspecified atom stereocenters. The molecule has 0 aliphatic heterocycles. The molecule has 130 valence electrons. The monoisotopic (exact) mass is 362 g/mol. The number of benzene rings is 3. The van der Waals surface area contributed by atoms with Crippen LogP contribution in [0.3, 0.4) is 0 Å². The van der Waals surface area contributed by atoms with Gasteiger partial charge in [-0.05, 0) is 24.0 Å². The fraction of sp³-hybridized carbons (Fsp3) is 0.0455. The second-order valence-corrected chi connectivity index (χ2v) is 8.33. The zero-order valence-electron chi connectivity index (χ0n) is 14.2. The lowest BCUT2D eigenvalue weighted by Crippen LogP contribution is -2.14. The van der Waals surface area contributed by atoms with E-state index in [2.05, 4.69) is 0 Å². The van der Waals surface area contributed by atoms with Gasteiger partial charge in [0.1, 0.15) is 12.4 Å². The van der Waals surface area contributed by atoms with Gasteiger partial charge in [0.2, 0.25) is 0 Å². The van der Waals surface area contributed by atoms with Crippen molar-refractivity contribution < 1.29 is 14.1 Å². The number of carbonyl (C=O) groups excluding carboxylic acids is 1. The Morgan fingerprint density at radius 1 is 0.769 bits per heavy atom. The van der Waals surface area contributed by atoms with Crippen molar-refractivity contribution in [2.75, 3.05) is 6.61 Å². The summed E-state index contributed by atoms with van der Waals surface area (Å²) in [7, 11) is -2.89. The molecule has 0 spiro atoms. The Morgan fingerprint density at radius 2 is 1.31 bits per heavy atom. The first-order valence-electron chi connectivity index (χ1n) is 8.30. The average molecular weight is 362 g/mol. The smallest absolute Gasteiger partial charge is 0.163 e. The Morgan fingerprint density at radius 3 is 1.88 bits per heavy atom. The van der Waals surface area contributed by atoms with E-state index in [-0.39, 0.29) is 6.61 Å². The van der Waals surface area contributed by atoms with Crippen LogP contribution in [-0.4, -0.2) is 12.9 Å². The predicted octanol–water partition coefficient (Wildman–Crippen LogP) is 4.41. The highest BCUT2D eigenvalue weighted by Crippen LogP contribution is 2.44. The summed E-state index contributed by atoms with van der Waals surface area (Å²) >= 11 is 0. The van der Waals surface area contributed by atoms with Gasteiger partial charge in [-0.15, -0.1) is 0 Å². The standard InChI is InChI=1S/C22H19O3P/c23-18-19-10-7-8-15-22(19)25-16-9-17-26(24,20-11-3-1-4-12-20)21-13-5-2-6-14-21/h1-15,17-18H,16H2/b17-9+. The maximum Gasteiger partial charge on any atom is 0.163 e. The largest absolute Gasteiger partial charge is 0.489 e. The normalized spacial score (nSPS) is 11.4. The van der Waals surface area contributed by atoms with Crippen molar-refractivity contribution in [3.8, 4) is 5.75 Å². The van der Waals surface area contributed by atoms with Crippen LogP contribution in [0.15, 0.2) is 96.8 Å². The molecule has 0 radical (unpaired) electrons. The van der Waals surface area contributed by atoms with E-state index in [1.807, 2.05) is 66.7 Å². The van der Waals surface area contributed by atoms with E-state index in [0.717, 1.165) is 16.9 Å². The van der Waals surface area contributed by atoms with Gasteiger partial charge in [-0.25, -0.2) is 0 Å². The molecule has 0 aromatic heterocycles. The van der Waals surface area contributed by atoms with Gasteiger partial charge in [0, 0.05) is 10.6 Å². The van der Waals surface area contributed by atoms with Gasteiger partial charge in [-0.3, -0.25) is 4.79 Å². The lowest BCUT2D eigenvalue weighted by atomic mass is 10.2. The Bertz CT molecular complexity index is 890. The lowest BCUT2D eigenvalue weighted by molar-refractivity contribution is 0.112. The van der Waals surface area contributed by atoms with Crippen LogP contribution in [0.25, 0.3) is 0 Å². The third-order valence-electron chi connectivity index (χ3n) is 3.98. The molecule has 0 aliphatic rings. The van der Waals surface area contributed by atoms with Crippen LogP contribution in [0.4, 0.5) is 0 Å². The molecule has 4 heteroatoms. The van der Waals surface area contributed by atoms with Crippen LogP contribution in [0.5, 0.6) is 5.75 Å². The van der Waals surface area contributed by atoms with Gasteiger partial charge >= 0.3 is 0 Å². The summed E-state index contributed by atoms with van der Waals surface area (Å²) in [5.74, 6) is 2.24. The molecule has 0 amide bonds. The van der Waals surface area contributed by atoms with Gasteiger partial charge in [-0.2, -0.15) is 0 Å². The van der Waals surface area contributed by atoms with Crippen LogP contribution < -0.4 is 15.3 Å². The molecule has 0 heterocycles.